The molecule has 2 N–H and O–H groups in total. The van der Waals surface area contributed by atoms with E-state index in [4.69, 9.17) is 5.73 Å². The molecule has 8 heavy (non-hydrogen) atoms. The smallest absolute Gasteiger partial charge is 0.236 e. The predicted octanol–water partition coefficient (Wildman–Crippen LogP) is -0.709. The average molecular weight is 134 g/mol. The van der Waals surface area contributed by atoms with Crippen LogP contribution in [0, 0.1) is 0 Å². The maximum atomic E-state index is 10.5. The lowest BCUT2D eigenvalue weighted by Crippen LogP contribution is -2.31. The van der Waals surface area contributed by atoms with Crippen LogP contribution in [0.2, 0.25) is 0 Å². The Morgan fingerprint density at radius 3 is 2.50 bits per heavy atom. The van der Waals surface area contributed by atoms with E-state index in [0.29, 0.717) is 5.88 Å². The van der Waals surface area contributed by atoms with Crippen LogP contribution in [0.25, 0.3) is 0 Å². The normalized spacial score (nSPS) is 8.88. The SMILES string of the molecule is CN(CS)C(=O)CN. The molecular weight excluding hydrogens is 124 g/mol. The summed E-state index contributed by atoms with van der Waals surface area (Å²) in [6.07, 6.45) is 0. The van der Waals surface area contributed by atoms with Gasteiger partial charge < -0.3 is 10.6 Å². The third kappa shape index (κ3) is 2.18. The summed E-state index contributed by atoms with van der Waals surface area (Å²) in [5, 5.41) is 0. The molecule has 3 nitrogen and oxygen atoms in total. The molecule has 0 aromatic rings. The van der Waals surface area contributed by atoms with E-state index in [9.17, 15) is 4.79 Å². The fraction of sp³-hybridized carbons (Fsp3) is 0.750. The van der Waals surface area contributed by atoms with Gasteiger partial charge in [-0.25, -0.2) is 0 Å². The van der Waals surface area contributed by atoms with Crippen molar-refractivity contribution in [3.05, 3.63) is 0 Å². The lowest BCUT2D eigenvalue weighted by Gasteiger charge is -2.10. The summed E-state index contributed by atoms with van der Waals surface area (Å²) in [6.45, 7) is 0.0665. The molecule has 0 radical (unpaired) electrons. The Bertz CT molecular complexity index is 86.1. The number of carbonyl (C=O) groups is 1. The summed E-state index contributed by atoms with van der Waals surface area (Å²) in [5.41, 5.74) is 5.02. The Morgan fingerprint density at radius 1 is 1.88 bits per heavy atom. The number of hydrogen-bond donors (Lipinski definition) is 2. The molecule has 0 aromatic carbocycles. The number of rotatable bonds is 2. The summed E-state index contributed by atoms with van der Waals surface area (Å²) in [7, 11) is 1.65. The minimum absolute atomic E-state index is 0.0665. The molecule has 0 saturated heterocycles. The number of nitrogens with two attached hydrogens (primary N) is 1. The van der Waals surface area contributed by atoms with E-state index in [-0.39, 0.29) is 12.5 Å². The van der Waals surface area contributed by atoms with Gasteiger partial charge >= 0.3 is 0 Å². The lowest BCUT2D eigenvalue weighted by molar-refractivity contribution is -0.127. The Hall–Kier alpha value is -0.220. The van der Waals surface area contributed by atoms with Crippen molar-refractivity contribution in [3.8, 4) is 0 Å². The first-order valence-corrected chi connectivity index (χ1v) is 2.90. The van der Waals surface area contributed by atoms with E-state index in [1.165, 1.54) is 4.90 Å². The topological polar surface area (TPSA) is 46.3 Å². The van der Waals surface area contributed by atoms with Crippen molar-refractivity contribution in [2.24, 2.45) is 5.73 Å². The molecule has 0 rings (SSSR count). The highest BCUT2D eigenvalue weighted by Gasteiger charge is 2.00. The first kappa shape index (κ1) is 7.78. The molecule has 48 valence electrons. The maximum absolute atomic E-state index is 10.5. The van der Waals surface area contributed by atoms with Gasteiger partial charge in [0.2, 0.25) is 5.91 Å². The zero-order valence-electron chi connectivity index (χ0n) is 4.79. The van der Waals surface area contributed by atoms with E-state index >= 15 is 0 Å². The minimum Gasteiger partial charge on any atom is -0.336 e. The number of likely N-dealkylation sites (N-methyl/N-ethyl adjacent to an activating group) is 1. The zero-order valence-corrected chi connectivity index (χ0v) is 5.69. The molecule has 0 aliphatic rings. The highest BCUT2D eigenvalue weighted by molar-refractivity contribution is 7.80. The van der Waals surface area contributed by atoms with Crippen molar-refractivity contribution >= 4 is 18.5 Å². The van der Waals surface area contributed by atoms with E-state index in [0.717, 1.165) is 0 Å². The number of hydrogen-bond acceptors (Lipinski definition) is 3. The summed E-state index contributed by atoms with van der Waals surface area (Å²) in [4.78, 5) is 11.9. The molecule has 0 saturated carbocycles. The Labute approximate surface area is 54.3 Å². The third-order valence-electron chi connectivity index (χ3n) is 0.813. The Kier molecular flexibility index (Phi) is 3.64. The molecule has 1 amide bonds. The number of nitrogens with zero attached hydrogens (tertiary/aromatic N) is 1. The van der Waals surface area contributed by atoms with Crippen molar-refractivity contribution in [1.29, 1.82) is 0 Å². The molecule has 0 aliphatic carbocycles. The fourth-order valence-electron chi connectivity index (χ4n) is 0.235. The molecule has 0 spiro atoms. The highest BCUT2D eigenvalue weighted by Crippen LogP contribution is 1.83. The van der Waals surface area contributed by atoms with Crippen LogP contribution in [0.4, 0.5) is 0 Å². The predicted molar refractivity (Wildman–Crippen MR) is 35.7 cm³/mol. The fourth-order valence-corrected chi connectivity index (χ4v) is 0.392. The Morgan fingerprint density at radius 2 is 2.38 bits per heavy atom. The Balaban J connectivity index is 3.46. The van der Waals surface area contributed by atoms with Crippen LogP contribution < -0.4 is 5.73 Å². The molecule has 0 aromatic heterocycles. The van der Waals surface area contributed by atoms with Gasteiger partial charge in [0.25, 0.3) is 0 Å². The van der Waals surface area contributed by atoms with Crippen molar-refractivity contribution in [3.63, 3.8) is 0 Å². The summed E-state index contributed by atoms with van der Waals surface area (Å²) in [6, 6.07) is 0. The van der Waals surface area contributed by atoms with E-state index < -0.39 is 0 Å². The number of carbonyl (C=O) groups excluding carboxylic acids is 1. The monoisotopic (exact) mass is 134 g/mol. The second-order valence-corrected chi connectivity index (χ2v) is 1.72. The van der Waals surface area contributed by atoms with Crippen LogP contribution in [0.1, 0.15) is 0 Å². The second kappa shape index (κ2) is 3.74. The van der Waals surface area contributed by atoms with Crippen molar-refractivity contribution in [1.82, 2.24) is 4.90 Å². The van der Waals surface area contributed by atoms with E-state index in [2.05, 4.69) is 12.6 Å². The van der Waals surface area contributed by atoms with Crippen LogP contribution in [-0.2, 0) is 4.79 Å². The van der Waals surface area contributed by atoms with Gasteiger partial charge in [-0.15, -0.1) is 0 Å². The van der Waals surface area contributed by atoms with Crippen LogP contribution in [0.15, 0.2) is 0 Å². The molecule has 0 aliphatic heterocycles. The average Bonchev–Trinajstić information content (AvgIpc) is 1.84. The maximum Gasteiger partial charge on any atom is 0.236 e. The van der Waals surface area contributed by atoms with Crippen LogP contribution in [0.5, 0.6) is 0 Å². The van der Waals surface area contributed by atoms with Gasteiger partial charge in [0, 0.05) is 7.05 Å². The first-order chi connectivity index (χ1) is 3.72. The zero-order chi connectivity index (χ0) is 6.57. The molecule has 0 unspecified atom stereocenters. The van der Waals surface area contributed by atoms with Gasteiger partial charge in [-0.3, -0.25) is 4.79 Å². The van der Waals surface area contributed by atoms with Gasteiger partial charge in [-0.2, -0.15) is 12.6 Å². The lowest BCUT2D eigenvalue weighted by atomic mass is 10.6. The summed E-state index contributed by atoms with van der Waals surface area (Å²) < 4.78 is 0. The molecule has 0 atom stereocenters. The van der Waals surface area contributed by atoms with Crippen LogP contribution >= 0.6 is 12.6 Å². The van der Waals surface area contributed by atoms with Crippen LogP contribution in [-0.4, -0.2) is 30.3 Å². The van der Waals surface area contributed by atoms with E-state index in [1.807, 2.05) is 0 Å². The van der Waals surface area contributed by atoms with Gasteiger partial charge in [-0.05, 0) is 0 Å². The largest absolute Gasteiger partial charge is 0.336 e. The highest BCUT2D eigenvalue weighted by atomic mass is 32.1. The number of thiol groups is 1. The third-order valence-corrected chi connectivity index (χ3v) is 1.24. The van der Waals surface area contributed by atoms with Crippen molar-refractivity contribution < 1.29 is 4.79 Å². The molecule has 0 bridgehead atoms. The molecule has 0 heterocycles. The standard InChI is InChI=1S/C4H10N2OS/c1-6(3-8)4(7)2-5/h8H,2-3,5H2,1H3. The van der Waals surface area contributed by atoms with Gasteiger partial charge in [-0.1, -0.05) is 0 Å². The molecule has 0 fully saturated rings. The quantitative estimate of drug-likeness (QED) is 0.387. The number of amides is 1. The van der Waals surface area contributed by atoms with Crippen molar-refractivity contribution in [2.75, 3.05) is 19.5 Å². The molecular formula is C4H10N2OS. The van der Waals surface area contributed by atoms with Crippen LogP contribution in [0.3, 0.4) is 0 Å². The molecule has 4 heteroatoms. The van der Waals surface area contributed by atoms with Crippen molar-refractivity contribution in [2.45, 2.75) is 0 Å². The van der Waals surface area contributed by atoms with Gasteiger partial charge in [0.15, 0.2) is 0 Å². The first-order valence-electron chi connectivity index (χ1n) is 2.27. The van der Waals surface area contributed by atoms with Gasteiger partial charge in [0.1, 0.15) is 0 Å². The van der Waals surface area contributed by atoms with E-state index in [1.54, 1.807) is 7.05 Å². The second-order valence-electron chi connectivity index (χ2n) is 1.44. The minimum atomic E-state index is -0.0833. The summed E-state index contributed by atoms with van der Waals surface area (Å²) in [5.74, 6) is 0.343. The summed E-state index contributed by atoms with van der Waals surface area (Å²) >= 11 is 3.86. The van der Waals surface area contributed by atoms with Gasteiger partial charge in [0.05, 0.1) is 12.4 Å².